The van der Waals surface area contributed by atoms with Crippen molar-refractivity contribution in [2.75, 3.05) is 7.11 Å². The van der Waals surface area contributed by atoms with E-state index in [0.29, 0.717) is 6.42 Å². The monoisotopic (exact) mass is 279 g/mol. The van der Waals surface area contributed by atoms with E-state index < -0.39 is 12.0 Å². The van der Waals surface area contributed by atoms with Crippen LogP contribution in [0.15, 0.2) is 24.3 Å². The predicted molar refractivity (Wildman–Crippen MR) is 80.2 cm³/mol. The highest BCUT2D eigenvalue weighted by atomic mass is 16.5. The van der Waals surface area contributed by atoms with E-state index in [2.05, 4.69) is 12.2 Å². The minimum atomic E-state index is -0.764. The third kappa shape index (κ3) is 5.61. The standard InChI is InChI=1S/C16H25NO3/c1-4-5-6-15(16(18)19)17-12(2)11-13-7-9-14(20-3)10-8-13/h7-10,12,15,17H,4-6,11H2,1-3H3,(H,18,19)/t12?,15-/m0/s1. The van der Waals surface area contributed by atoms with Gasteiger partial charge in [-0.05, 0) is 37.5 Å². The highest BCUT2D eigenvalue weighted by Crippen LogP contribution is 2.13. The molecule has 2 atom stereocenters. The minimum absolute atomic E-state index is 0.126. The molecule has 20 heavy (non-hydrogen) atoms. The molecule has 0 amide bonds. The van der Waals surface area contributed by atoms with Crippen molar-refractivity contribution < 1.29 is 14.6 Å². The highest BCUT2D eigenvalue weighted by molar-refractivity contribution is 5.73. The van der Waals surface area contributed by atoms with Gasteiger partial charge in [0.15, 0.2) is 0 Å². The summed E-state index contributed by atoms with van der Waals surface area (Å²) < 4.78 is 5.12. The summed E-state index contributed by atoms with van der Waals surface area (Å²) in [6, 6.07) is 7.55. The first-order valence-electron chi connectivity index (χ1n) is 7.18. The van der Waals surface area contributed by atoms with E-state index in [1.807, 2.05) is 31.2 Å². The average molecular weight is 279 g/mol. The Hall–Kier alpha value is -1.55. The molecule has 1 aromatic carbocycles. The number of hydrogen-bond acceptors (Lipinski definition) is 3. The van der Waals surface area contributed by atoms with Crippen LogP contribution in [0, 0.1) is 0 Å². The molecule has 0 heterocycles. The Kier molecular flexibility index (Phi) is 7.09. The second-order valence-corrected chi connectivity index (χ2v) is 5.15. The van der Waals surface area contributed by atoms with Gasteiger partial charge >= 0.3 is 5.97 Å². The van der Waals surface area contributed by atoms with Crippen LogP contribution in [0.3, 0.4) is 0 Å². The van der Waals surface area contributed by atoms with Crippen LogP contribution in [-0.4, -0.2) is 30.3 Å². The van der Waals surface area contributed by atoms with Crippen molar-refractivity contribution in [3.8, 4) is 5.75 Å². The number of methoxy groups -OCH3 is 1. The van der Waals surface area contributed by atoms with Crippen LogP contribution in [0.5, 0.6) is 5.75 Å². The van der Waals surface area contributed by atoms with E-state index in [0.717, 1.165) is 25.0 Å². The molecule has 1 rings (SSSR count). The summed E-state index contributed by atoms with van der Waals surface area (Å²) in [6.07, 6.45) is 3.43. The van der Waals surface area contributed by atoms with E-state index in [1.54, 1.807) is 7.11 Å². The molecule has 1 unspecified atom stereocenters. The Bertz CT molecular complexity index is 403. The van der Waals surface area contributed by atoms with Gasteiger partial charge in [-0.3, -0.25) is 4.79 Å². The summed E-state index contributed by atoms with van der Waals surface area (Å²) in [5, 5.41) is 12.4. The first kappa shape index (κ1) is 16.5. The minimum Gasteiger partial charge on any atom is -0.497 e. The Balaban J connectivity index is 2.51. The lowest BCUT2D eigenvalue weighted by molar-refractivity contribution is -0.139. The van der Waals surface area contributed by atoms with Crippen LogP contribution in [0.25, 0.3) is 0 Å². The number of unbranched alkanes of at least 4 members (excludes halogenated alkanes) is 1. The molecular formula is C16H25NO3. The number of carboxylic acid groups (broad SMARTS) is 1. The Morgan fingerprint density at radius 2 is 2.00 bits per heavy atom. The topological polar surface area (TPSA) is 58.6 Å². The molecule has 0 saturated heterocycles. The number of rotatable bonds is 9. The molecule has 0 bridgehead atoms. The smallest absolute Gasteiger partial charge is 0.320 e. The third-order valence-electron chi connectivity index (χ3n) is 3.33. The molecule has 4 heteroatoms. The lowest BCUT2D eigenvalue weighted by atomic mass is 10.0. The van der Waals surface area contributed by atoms with Crippen molar-refractivity contribution in [3.63, 3.8) is 0 Å². The number of nitrogens with one attached hydrogen (secondary N) is 1. The van der Waals surface area contributed by atoms with Gasteiger partial charge in [-0.1, -0.05) is 31.9 Å². The van der Waals surface area contributed by atoms with Gasteiger partial charge in [0.2, 0.25) is 0 Å². The molecule has 0 saturated carbocycles. The maximum Gasteiger partial charge on any atom is 0.320 e. The molecule has 112 valence electrons. The molecule has 0 radical (unpaired) electrons. The number of hydrogen-bond donors (Lipinski definition) is 2. The Morgan fingerprint density at radius 1 is 1.35 bits per heavy atom. The zero-order chi connectivity index (χ0) is 15.0. The summed E-state index contributed by atoms with van der Waals surface area (Å²) in [5.41, 5.74) is 1.17. The second-order valence-electron chi connectivity index (χ2n) is 5.15. The SMILES string of the molecule is CCCC[C@H](NC(C)Cc1ccc(OC)cc1)C(=O)O. The largest absolute Gasteiger partial charge is 0.497 e. The van der Waals surface area contributed by atoms with Gasteiger partial charge < -0.3 is 15.2 Å². The Labute approximate surface area is 121 Å². The van der Waals surface area contributed by atoms with Gasteiger partial charge in [-0.2, -0.15) is 0 Å². The number of aliphatic carboxylic acids is 1. The number of benzene rings is 1. The van der Waals surface area contributed by atoms with Crippen molar-refractivity contribution in [2.45, 2.75) is 51.6 Å². The van der Waals surface area contributed by atoms with Gasteiger partial charge in [0.05, 0.1) is 7.11 Å². The number of carboxylic acids is 1. The van der Waals surface area contributed by atoms with Crippen molar-refractivity contribution >= 4 is 5.97 Å². The molecule has 0 fully saturated rings. The van der Waals surface area contributed by atoms with Gasteiger partial charge in [0, 0.05) is 6.04 Å². The van der Waals surface area contributed by atoms with Gasteiger partial charge in [0.1, 0.15) is 11.8 Å². The molecule has 0 aliphatic carbocycles. The van der Waals surface area contributed by atoms with E-state index in [1.165, 1.54) is 5.56 Å². The molecule has 4 nitrogen and oxygen atoms in total. The summed E-state index contributed by atoms with van der Waals surface area (Å²) in [5.74, 6) is 0.0701. The fourth-order valence-corrected chi connectivity index (χ4v) is 2.20. The summed E-state index contributed by atoms with van der Waals surface area (Å²) in [7, 11) is 1.64. The zero-order valence-corrected chi connectivity index (χ0v) is 12.6. The zero-order valence-electron chi connectivity index (χ0n) is 12.6. The van der Waals surface area contributed by atoms with Crippen LogP contribution in [-0.2, 0) is 11.2 Å². The van der Waals surface area contributed by atoms with Crippen LogP contribution in [0.1, 0.15) is 38.7 Å². The fourth-order valence-electron chi connectivity index (χ4n) is 2.20. The average Bonchev–Trinajstić information content (AvgIpc) is 2.44. The quantitative estimate of drug-likeness (QED) is 0.730. The van der Waals surface area contributed by atoms with E-state index in [4.69, 9.17) is 4.74 Å². The fraction of sp³-hybridized carbons (Fsp3) is 0.562. The van der Waals surface area contributed by atoms with Crippen LogP contribution >= 0.6 is 0 Å². The van der Waals surface area contributed by atoms with Crippen molar-refractivity contribution in [3.05, 3.63) is 29.8 Å². The lowest BCUT2D eigenvalue weighted by Crippen LogP contribution is -2.42. The normalized spacial score (nSPS) is 13.8. The molecule has 0 aliphatic rings. The van der Waals surface area contributed by atoms with Crippen molar-refractivity contribution in [2.24, 2.45) is 0 Å². The van der Waals surface area contributed by atoms with Crippen molar-refractivity contribution in [1.82, 2.24) is 5.32 Å². The maximum absolute atomic E-state index is 11.2. The van der Waals surface area contributed by atoms with Crippen LogP contribution in [0.2, 0.25) is 0 Å². The predicted octanol–water partition coefficient (Wildman–Crippen LogP) is 2.86. The van der Waals surface area contributed by atoms with E-state index in [-0.39, 0.29) is 6.04 Å². The summed E-state index contributed by atoms with van der Waals surface area (Å²) in [6.45, 7) is 4.09. The highest BCUT2D eigenvalue weighted by Gasteiger charge is 2.18. The molecule has 0 aromatic heterocycles. The second kappa shape index (κ2) is 8.59. The van der Waals surface area contributed by atoms with Crippen LogP contribution in [0.4, 0.5) is 0 Å². The molecular weight excluding hydrogens is 254 g/mol. The summed E-state index contributed by atoms with van der Waals surface area (Å²) in [4.78, 5) is 11.2. The summed E-state index contributed by atoms with van der Waals surface area (Å²) >= 11 is 0. The number of ether oxygens (including phenoxy) is 1. The Morgan fingerprint density at radius 3 is 2.50 bits per heavy atom. The molecule has 0 aliphatic heterocycles. The number of carbonyl (C=O) groups is 1. The van der Waals surface area contributed by atoms with Gasteiger partial charge in [-0.15, -0.1) is 0 Å². The first-order valence-corrected chi connectivity index (χ1v) is 7.18. The molecule has 2 N–H and O–H groups in total. The molecule has 0 spiro atoms. The van der Waals surface area contributed by atoms with E-state index >= 15 is 0 Å². The molecule has 1 aromatic rings. The first-order chi connectivity index (χ1) is 9.56. The lowest BCUT2D eigenvalue weighted by Gasteiger charge is -2.20. The van der Waals surface area contributed by atoms with Crippen LogP contribution < -0.4 is 10.1 Å². The van der Waals surface area contributed by atoms with E-state index in [9.17, 15) is 9.90 Å². The van der Waals surface area contributed by atoms with Crippen molar-refractivity contribution in [1.29, 1.82) is 0 Å². The third-order valence-corrected chi connectivity index (χ3v) is 3.33. The van der Waals surface area contributed by atoms with Gasteiger partial charge in [0.25, 0.3) is 0 Å². The maximum atomic E-state index is 11.2. The van der Waals surface area contributed by atoms with Gasteiger partial charge in [-0.25, -0.2) is 0 Å².